The molecule has 8 nitrogen and oxygen atoms in total. The van der Waals surface area contributed by atoms with Gasteiger partial charge in [-0.25, -0.2) is 19.2 Å². The molecule has 1 spiro atoms. The third-order valence-electron chi connectivity index (χ3n) is 8.38. The van der Waals surface area contributed by atoms with E-state index in [9.17, 15) is 9.18 Å². The number of fused-ring (bicyclic) bond motifs is 1. The van der Waals surface area contributed by atoms with Crippen molar-refractivity contribution in [2.24, 2.45) is 5.41 Å². The quantitative estimate of drug-likeness (QED) is 0.404. The van der Waals surface area contributed by atoms with E-state index in [0.717, 1.165) is 73.6 Å². The van der Waals surface area contributed by atoms with Crippen molar-refractivity contribution >= 4 is 28.5 Å². The lowest BCUT2D eigenvalue weighted by Crippen LogP contribution is -2.48. The Morgan fingerprint density at radius 3 is 2.50 bits per heavy atom. The van der Waals surface area contributed by atoms with Gasteiger partial charge >= 0.3 is 6.09 Å². The maximum atomic E-state index is 14.9. The maximum absolute atomic E-state index is 14.9. The topological polar surface area (TPSA) is 71.0 Å². The number of hydrogen-bond acceptors (Lipinski definition) is 7. The number of nitrogens with zero attached hydrogens (tertiary/aromatic N) is 5. The van der Waals surface area contributed by atoms with E-state index in [4.69, 9.17) is 14.5 Å². The van der Waals surface area contributed by atoms with Crippen molar-refractivity contribution in [2.75, 3.05) is 56.2 Å². The molecule has 6 rings (SSSR count). The molecule has 0 radical (unpaired) electrons. The zero-order valence-corrected chi connectivity index (χ0v) is 23.9. The number of anilines is 2. The van der Waals surface area contributed by atoms with E-state index in [1.54, 1.807) is 6.07 Å². The monoisotopic (exact) mass is 547 g/mol. The minimum atomic E-state index is -0.525. The van der Waals surface area contributed by atoms with E-state index < -0.39 is 11.4 Å². The highest BCUT2D eigenvalue weighted by Gasteiger charge is 2.43. The number of methoxy groups -OCH3 is 1. The number of carbonyl (C=O) groups is 1. The van der Waals surface area contributed by atoms with Gasteiger partial charge in [-0.2, -0.15) is 0 Å². The molecule has 0 bridgehead atoms. The SMILES string of the molecule is COc1cc2nc(-c3ccc(N4CCC4)nc3)cc(N3CCC4(CCCN(C(=O)OC(C)(C)C)C4)C3)c2cc1F. The highest BCUT2D eigenvalue weighted by Crippen LogP contribution is 2.44. The molecule has 212 valence electrons. The van der Waals surface area contributed by atoms with Crippen LogP contribution >= 0.6 is 0 Å². The molecule has 40 heavy (non-hydrogen) atoms. The minimum absolute atomic E-state index is 0.0314. The average Bonchev–Trinajstić information content (AvgIpc) is 3.29. The van der Waals surface area contributed by atoms with Crippen LogP contribution in [0.15, 0.2) is 36.5 Å². The first-order valence-electron chi connectivity index (χ1n) is 14.3. The Balaban J connectivity index is 1.33. The number of halogens is 1. The van der Waals surface area contributed by atoms with Crippen LogP contribution in [0.5, 0.6) is 5.75 Å². The molecule has 1 unspecified atom stereocenters. The molecule has 1 atom stereocenters. The van der Waals surface area contributed by atoms with Gasteiger partial charge in [0, 0.05) is 73.6 Å². The second-order valence-corrected chi connectivity index (χ2v) is 12.5. The lowest BCUT2D eigenvalue weighted by molar-refractivity contribution is 0.00713. The number of hydrogen-bond donors (Lipinski definition) is 0. The van der Waals surface area contributed by atoms with Crippen molar-refractivity contribution in [1.29, 1.82) is 0 Å². The second-order valence-electron chi connectivity index (χ2n) is 12.5. The first-order valence-corrected chi connectivity index (χ1v) is 14.3. The molecule has 9 heteroatoms. The highest BCUT2D eigenvalue weighted by molar-refractivity contribution is 5.95. The van der Waals surface area contributed by atoms with Crippen molar-refractivity contribution in [3.63, 3.8) is 0 Å². The molecule has 3 aromatic rings. The standard InChI is InChI=1S/C31H38FN5O3/c1-30(2,3)40-29(38)37-11-5-9-31(20-37)10-14-36(19-31)26-16-24(21-7-8-28(33-18-21)35-12-6-13-35)34-25-17-27(39-4)23(32)15-22(25)26/h7-8,15-18H,5-6,9-14,19-20H2,1-4H3. The van der Waals surface area contributed by atoms with Crippen LogP contribution < -0.4 is 14.5 Å². The van der Waals surface area contributed by atoms with Crippen molar-refractivity contribution < 1.29 is 18.7 Å². The van der Waals surface area contributed by atoms with Gasteiger partial charge < -0.3 is 24.2 Å². The Kier molecular flexibility index (Phi) is 6.71. The van der Waals surface area contributed by atoms with Gasteiger partial charge in [-0.15, -0.1) is 0 Å². The van der Waals surface area contributed by atoms with Crippen molar-refractivity contribution in [1.82, 2.24) is 14.9 Å². The molecule has 3 aliphatic rings. The fraction of sp³-hybridized carbons (Fsp3) is 0.516. The van der Waals surface area contributed by atoms with Crippen LogP contribution in [-0.2, 0) is 4.74 Å². The lowest BCUT2D eigenvalue weighted by atomic mass is 9.79. The summed E-state index contributed by atoms with van der Waals surface area (Å²) in [4.78, 5) is 28.9. The normalized spacial score (nSPS) is 21.2. The van der Waals surface area contributed by atoms with E-state index in [1.165, 1.54) is 19.6 Å². The van der Waals surface area contributed by atoms with Crippen LogP contribution in [-0.4, -0.2) is 72.9 Å². The third kappa shape index (κ3) is 5.13. The third-order valence-corrected chi connectivity index (χ3v) is 8.38. The van der Waals surface area contributed by atoms with Crippen LogP contribution in [0, 0.1) is 11.2 Å². The van der Waals surface area contributed by atoms with Crippen LogP contribution in [0.25, 0.3) is 22.2 Å². The van der Waals surface area contributed by atoms with Crippen LogP contribution in [0.1, 0.15) is 46.5 Å². The van der Waals surface area contributed by atoms with Crippen LogP contribution in [0.3, 0.4) is 0 Å². The molecule has 0 saturated carbocycles. The van der Waals surface area contributed by atoms with E-state index in [2.05, 4.69) is 26.9 Å². The molecule has 0 aliphatic carbocycles. The Morgan fingerprint density at radius 2 is 1.82 bits per heavy atom. The van der Waals surface area contributed by atoms with Gasteiger partial charge in [0.2, 0.25) is 0 Å². The summed E-state index contributed by atoms with van der Waals surface area (Å²) in [5.41, 5.74) is 2.77. The number of carbonyl (C=O) groups excluding carboxylic acids is 1. The second kappa shape index (κ2) is 10.1. The molecule has 3 saturated heterocycles. The summed E-state index contributed by atoms with van der Waals surface area (Å²) in [5.74, 6) is 0.745. The van der Waals surface area contributed by atoms with E-state index >= 15 is 0 Å². The fourth-order valence-corrected chi connectivity index (χ4v) is 6.21. The number of benzene rings is 1. The molecule has 0 N–H and O–H groups in total. The summed E-state index contributed by atoms with van der Waals surface area (Å²) in [6, 6.07) is 9.37. The average molecular weight is 548 g/mol. The van der Waals surface area contributed by atoms with Gasteiger partial charge in [0.05, 0.1) is 18.3 Å². The molecule has 1 aromatic carbocycles. The number of pyridine rings is 2. The van der Waals surface area contributed by atoms with Crippen molar-refractivity contribution in [2.45, 2.75) is 52.1 Å². The summed E-state index contributed by atoms with van der Waals surface area (Å²) in [6.07, 6.45) is 5.77. The Hall–Kier alpha value is -3.62. The van der Waals surface area contributed by atoms with Gasteiger partial charge in [0.25, 0.3) is 0 Å². The molecule has 3 fully saturated rings. The zero-order valence-electron chi connectivity index (χ0n) is 23.9. The Morgan fingerprint density at radius 1 is 1.00 bits per heavy atom. The van der Waals surface area contributed by atoms with Gasteiger partial charge in [0.15, 0.2) is 11.6 Å². The first kappa shape index (κ1) is 26.6. The largest absolute Gasteiger partial charge is 0.494 e. The summed E-state index contributed by atoms with van der Waals surface area (Å²) < 4.78 is 25.9. The molecular weight excluding hydrogens is 509 g/mol. The molecular formula is C31H38FN5O3. The molecule has 2 aromatic heterocycles. The molecule has 3 aliphatic heterocycles. The molecule has 5 heterocycles. The summed E-state index contributed by atoms with van der Waals surface area (Å²) >= 11 is 0. The zero-order chi connectivity index (χ0) is 28.1. The van der Waals surface area contributed by atoms with Gasteiger partial charge in [-0.1, -0.05) is 0 Å². The van der Waals surface area contributed by atoms with E-state index in [1.807, 2.05) is 37.9 Å². The predicted octanol–water partition coefficient (Wildman–Crippen LogP) is 5.88. The van der Waals surface area contributed by atoms with Crippen molar-refractivity contribution in [3.8, 4) is 17.0 Å². The lowest BCUT2D eigenvalue weighted by Gasteiger charge is -2.40. The summed E-state index contributed by atoms with van der Waals surface area (Å²) in [7, 11) is 1.47. The van der Waals surface area contributed by atoms with Gasteiger partial charge in [-0.3, -0.25) is 0 Å². The number of piperidine rings is 1. The Bertz CT molecular complexity index is 1420. The molecule has 1 amide bonds. The fourth-order valence-electron chi connectivity index (χ4n) is 6.21. The van der Waals surface area contributed by atoms with Gasteiger partial charge in [0.1, 0.15) is 11.4 Å². The number of aromatic nitrogens is 2. The van der Waals surface area contributed by atoms with E-state index in [-0.39, 0.29) is 17.3 Å². The number of rotatable bonds is 4. The smallest absolute Gasteiger partial charge is 0.410 e. The first-order chi connectivity index (χ1) is 19.1. The summed E-state index contributed by atoms with van der Waals surface area (Å²) in [5, 5.41) is 0.754. The minimum Gasteiger partial charge on any atom is -0.494 e. The van der Waals surface area contributed by atoms with Crippen molar-refractivity contribution in [3.05, 3.63) is 42.3 Å². The number of likely N-dealkylation sites (tertiary alicyclic amines) is 1. The van der Waals surface area contributed by atoms with Gasteiger partial charge in [-0.05, 0) is 70.7 Å². The van der Waals surface area contributed by atoms with Crippen LogP contribution in [0.4, 0.5) is 20.7 Å². The highest BCUT2D eigenvalue weighted by atomic mass is 19.1. The maximum Gasteiger partial charge on any atom is 0.410 e. The predicted molar refractivity (Wildman–Crippen MR) is 155 cm³/mol. The number of amides is 1. The number of ether oxygens (including phenoxy) is 2. The Labute approximate surface area is 235 Å². The van der Waals surface area contributed by atoms with E-state index in [0.29, 0.717) is 18.6 Å². The van der Waals surface area contributed by atoms with Crippen LogP contribution in [0.2, 0.25) is 0 Å². The summed E-state index contributed by atoms with van der Waals surface area (Å²) in [6.45, 7) is 10.8.